The van der Waals surface area contributed by atoms with Gasteiger partial charge in [0.2, 0.25) is 0 Å². The van der Waals surface area contributed by atoms with Gasteiger partial charge in [-0.15, -0.1) is 0 Å². The van der Waals surface area contributed by atoms with Crippen molar-refractivity contribution in [1.82, 2.24) is 5.32 Å². The molecule has 0 aliphatic heterocycles. The normalized spacial score (nSPS) is 10.5. The van der Waals surface area contributed by atoms with Gasteiger partial charge in [0.15, 0.2) is 11.6 Å². The van der Waals surface area contributed by atoms with Crippen LogP contribution in [-0.2, 0) is 13.0 Å². The Kier molecular flexibility index (Phi) is 4.53. The molecule has 100 valence electrons. The van der Waals surface area contributed by atoms with Gasteiger partial charge in [-0.2, -0.15) is 0 Å². The second-order valence-corrected chi connectivity index (χ2v) is 4.32. The highest BCUT2D eigenvalue weighted by Crippen LogP contribution is 2.30. The zero-order chi connectivity index (χ0) is 13.7. The van der Waals surface area contributed by atoms with Crippen LogP contribution in [0.25, 0.3) is 0 Å². The van der Waals surface area contributed by atoms with E-state index in [1.54, 1.807) is 6.07 Å². The lowest BCUT2D eigenvalue weighted by molar-refractivity contribution is 0.431. The van der Waals surface area contributed by atoms with E-state index >= 15 is 0 Å². The first-order valence-corrected chi connectivity index (χ1v) is 6.44. The number of hydrogen-bond donors (Lipinski definition) is 1. The Hall–Kier alpha value is -1.87. The number of benzene rings is 2. The number of halogens is 1. The number of aryl methyl sites for hydroxylation is 1. The second-order valence-electron chi connectivity index (χ2n) is 4.32. The standard InChI is InChI=1S/C16H18FNO/c1-3-12-7-4-5-10-15(12)19-16-13(11-18-2)8-6-9-14(16)17/h4-10,18H,3,11H2,1-2H3. The molecule has 19 heavy (non-hydrogen) atoms. The lowest BCUT2D eigenvalue weighted by Gasteiger charge is -2.14. The minimum Gasteiger partial charge on any atom is -0.454 e. The SMILES string of the molecule is CCc1ccccc1Oc1c(F)cccc1CNC. The van der Waals surface area contributed by atoms with Crippen molar-refractivity contribution in [2.24, 2.45) is 0 Å². The smallest absolute Gasteiger partial charge is 0.167 e. The first kappa shape index (κ1) is 13.6. The van der Waals surface area contributed by atoms with E-state index in [-0.39, 0.29) is 5.82 Å². The Labute approximate surface area is 113 Å². The summed E-state index contributed by atoms with van der Waals surface area (Å²) in [6, 6.07) is 12.7. The van der Waals surface area contributed by atoms with Crippen molar-refractivity contribution in [2.75, 3.05) is 7.05 Å². The topological polar surface area (TPSA) is 21.3 Å². The Bertz CT molecular complexity index is 554. The molecule has 2 rings (SSSR count). The third-order valence-corrected chi connectivity index (χ3v) is 2.98. The van der Waals surface area contributed by atoms with Gasteiger partial charge in [0.1, 0.15) is 5.75 Å². The fourth-order valence-corrected chi connectivity index (χ4v) is 2.00. The first-order chi connectivity index (χ1) is 9.26. The Balaban J connectivity index is 2.37. The highest BCUT2D eigenvalue weighted by molar-refractivity contribution is 5.42. The van der Waals surface area contributed by atoms with Crippen LogP contribution in [0.2, 0.25) is 0 Å². The molecule has 0 unspecified atom stereocenters. The molecule has 0 saturated heterocycles. The highest BCUT2D eigenvalue weighted by Gasteiger charge is 2.12. The number of ether oxygens (including phenoxy) is 1. The van der Waals surface area contributed by atoms with Crippen molar-refractivity contribution in [3.05, 3.63) is 59.4 Å². The molecule has 0 aliphatic rings. The van der Waals surface area contributed by atoms with Crippen molar-refractivity contribution in [1.29, 1.82) is 0 Å². The third kappa shape index (κ3) is 3.12. The molecule has 1 N–H and O–H groups in total. The third-order valence-electron chi connectivity index (χ3n) is 2.98. The second kappa shape index (κ2) is 6.34. The zero-order valence-electron chi connectivity index (χ0n) is 11.2. The molecule has 0 saturated carbocycles. The minimum absolute atomic E-state index is 0.303. The first-order valence-electron chi connectivity index (χ1n) is 6.44. The van der Waals surface area contributed by atoms with Crippen molar-refractivity contribution in [2.45, 2.75) is 19.9 Å². The van der Waals surface area contributed by atoms with E-state index in [1.165, 1.54) is 6.07 Å². The van der Waals surface area contributed by atoms with Gasteiger partial charge in [0, 0.05) is 12.1 Å². The van der Waals surface area contributed by atoms with Crippen LogP contribution in [0.4, 0.5) is 4.39 Å². The van der Waals surface area contributed by atoms with E-state index in [0.717, 1.165) is 17.5 Å². The summed E-state index contributed by atoms with van der Waals surface area (Å²) < 4.78 is 19.7. The van der Waals surface area contributed by atoms with Crippen molar-refractivity contribution in [3.63, 3.8) is 0 Å². The van der Waals surface area contributed by atoms with Crippen LogP contribution in [0.15, 0.2) is 42.5 Å². The van der Waals surface area contributed by atoms with E-state index in [4.69, 9.17) is 4.74 Å². The summed E-state index contributed by atoms with van der Waals surface area (Å²) in [7, 11) is 1.83. The van der Waals surface area contributed by atoms with Crippen LogP contribution in [0.5, 0.6) is 11.5 Å². The van der Waals surface area contributed by atoms with Crippen LogP contribution in [0.3, 0.4) is 0 Å². The fraction of sp³-hybridized carbons (Fsp3) is 0.250. The predicted molar refractivity (Wildman–Crippen MR) is 75.1 cm³/mol. The van der Waals surface area contributed by atoms with Gasteiger partial charge >= 0.3 is 0 Å². The minimum atomic E-state index is -0.335. The maximum absolute atomic E-state index is 13.9. The van der Waals surface area contributed by atoms with Gasteiger partial charge in [-0.1, -0.05) is 37.3 Å². The average molecular weight is 259 g/mol. The van der Waals surface area contributed by atoms with Crippen LogP contribution in [0.1, 0.15) is 18.1 Å². The Morgan fingerprint density at radius 3 is 2.53 bits per heavy atom. The maximum Gasteiger partial charge on any atom is 0.167 e. The predicted octanol–water partition coefficient (Wildman–Crippen LogP) is 3.90. The van der Waals surface area contributed by atoms with E-state index in [9.17, 15) is 4.39 Å². The van der Waals surface area contributed by atoms with E-state index in [1.807, 2.05) is 37.4 Å². The van der Waals surface area contributed by atoms with Crippen molar-refractivity contribution in [3.8, 4) is 11.5 Å². The van der Waals surface area contributed by atoms with Crippen LogP contribution in [-0.4, -0.2) is 7.05 Å². The summed E-state index contributed by atoms with van der Waals surface area (Å²) in [6.45, 7) is 2.62. The van der Waals surface area contributed by atoms with Gasteiger partial charge in [-0.25, -0.2) is 4.39 Å². The summed E-state index contributed by atoms with van der Waals surface area (Å²) in [5.41, 5.74) is 1.88. The molecule has 0 aliphatic carbocycles. The summed E-state index contributed by atoms with van der Waals surface area (Å²) in [4.78, 5) is 0. The number of nitrogens with one attached hydrogen (secondary N) is 1. The molecule has 0 atom stereocenters. The Morgan fingerprint density at radius 1 is 1.05 bits per heavy atom. The maximum atomic E-state index is 13.9. The highest BCUT2D eigenvalue weighted by atomic mass is 19.1. The molecule has 0 amide bonds. The average Bonchev–Trinajstić information content (AvgIpc) is 2.43. The summed E-state index contributed by atoms with van der Waals surface area (Å²) in [5, 5.41) is 3.02. The molecule has 2 nitrogen and oxygen atoms in total. The van der Waals surface area contributed by atoms with Crippen molar-refractivity contribution >= 4 is 0 Å². The van der Waals surface area contributed by atoms with E-state index < -0.39 is 0 Å². The van der Waals surface area contributed by atoms with Gasteiger partial charge in [-0.3, -0.25) is 0 Å². The molecule has 0 radical (unpaired) electrons. The van der Waals surface area contributed by atoms with Gasteiger partial charge in [0.25, 0.3) is 0 Å². The van der Waals surface area contributed by atoms with Crippen LogP contribution >= 0.6 is 0 Å². The van der Waals surface area contributed by atoms with Gasteiger partial charge in [0.05, 0.1) is 0 Å². The molecule has 2 aromatic carbocycles. The van der Waals surface area contributed by atoms with Gasteiger partial charge in [-0.05, 0) is 31.2 Å². The molecule has 0 heterocycles. The lowest BCUT2D eigenvalue weighted by atomic mass is 10.1. The lowest BCUT2D eigenvalue weighted by Crippen LogP contribution is -2.07. The molecular formula is C16H18FNO. The molecule has 0 bridgehead atoms. The molecule has 0 aromatic heterocycles. The molecule has 0 spiro atoms. The monoisotopic (exact) mass is 259 g/mol. The summed E-state index contributed by atoms with van der Waals surface area (Å²) >= 11 is 0. The molecule has 0 fully saturated rings. The largest absolute Gasteiger partial charge is 0.454 e. The quantitative estimate of drug-likeness (QED) is 0.879. The van der Waals surface area contributed by atoms with E-state index in [2.05, 4.69) is 12.2 Å². The number of hydrogen-bond acceptors (Lipinski definition) is 2. The fourth-order valence-electron chi connectivity index (χ4n) is 2.00. The van der Waals surface area contributed by atoms with Crippen LogP contribution in [0, 0.1) is 5.82 Å². The van der Waals surface area contributed by atoms with Gasteiger partial charge < -0.3 is 10.1 Å². The van der Waals surface area contributed by atoms with E-state index in [0.29, 0.717) is 18.0 Å². The van der Waals surface area contributed by atoms with Crippen molar-refractivity contribution < 1.29 is 9.13 Å². The van der Waals surface area contributed by atoms with Crippen LogP contribution < -0.4 is 10.1 Å². The Morgan fingerprint density at radius 2 is 1.79 bits per heavy atom. The molecule has 3 heteroatoms. The summed E-state index contributed by atoms with van der Waals surface area (Å²) in [6.07, 6.45) is 0.853. The number of rotatable bonds is 5. The zero-order valence-corrected chi connectivity index (χ0v) is 11.2. The molecular weight excluding hydrogens is 241 g/mol. The summed E-state index contributed by atoms with van der Waals surface area (Å²) in [5.74, 6) is 0.684. The molecule has 2 aromatic rings. The number of para-hydroxylation sites is 2.